The average Bonchev–Trinajstić information content (AvgIpc) is 3.39. The SMILES string of the molecule is CCCCC/C=C\C/C=C\CCCCCCCCCCCC(=O)OCCCCCCCCCCCCCC/C=C\CCCCCCCCCCCCC(=O)NC(CO)C(O)CCCCCCCCCCCCC. The van der Waals surface area contributed by atoms with Gasteiger partial charge in [0, 0.05) is 12.8 Å². The summed E-state index contributed by atoms with van der Waals surface area (Å²) in [7, 11) is 0. The van der Waals surface area contributed by atoms with Crippen molar-refractivity contribution in [1.82, 2.24) is 5.32 Å². The van der Waals surface area contributed by atoms with Crippen LogP contribution in [0.25, 0.3) is 0 Å². The molecule has 0 spiro atoms. The van der Waals surface area contributed by atoms with Gasteiger partial charge in [0.1, 0.15) is 0 Å². The van der Waals surface area contributed by atoms with E-state index in [9.17, 15) is 19.8 Å². The first kappa shape index (κ1) is 71.1. The summed E-state index contributed by atoms with van der Waals surface area (Å²) in [5, 5.41) is 23.2. The number of unbranched alkanes of at least 4 members (excludes halogenated alkanes) is 44. The second-order valence-corrected chi connectivity index (χ2v) is 22.4. The van der Waals surface area contributed by atoms with E-state index in [1.807, 2.05) is 0 Å². The summed E-state index contributed by atoms with van der Waals surface area (Å²) in [6.07, 6.45) is 78.9. The van der Waals surface area contributed by atoms with Gasteiger partial charge in [-0.1, -0.05) is 294 Å². The molecule has 0 saturated carbocycles. The molecule has 0 rings (SSSR count). The van der Waals surface area contributed by atoms with E-state index < -0.39 is 12.1 Å². The fourth-order valence-electron chi connectivity index (χ4n) is 10.1. The lowest BCUT2D eigenvalue weighted by Gasteiger charge is -2.22. The summed E-state index contributed by atoms with van der Waals surface area (Å²) in [5.41, 5.74) is 0. The minimum atomic E-state index is -0.664. The van der Waals surface area contributed by atoms with E-state index in [0.717, 1.165) is 51.4 Å². The number of nitrogens with one attached hydrogen (secondary N) is 1. The first-order valence-electron chi connectivity index (χ1n) is 32.7. The molecule has 3 N–H and O–H groups in total. The first-order chi connectivity index (χ1) is 36.0. The van der Waals surface area contributed by atoms with Crippen LogP contribution in [0.4, 0.5) is 0 Å². The van der Waals surface area contributed by atoms with Crippen LogP contribution in [-0.2, 0) is 14.3 Å². The van der Waals surface area contributed by atoms with E-state index in [1.54, 1.807) is 0 Å². The lowest BCUT2D eigenvalue weighted by molar-refractivity contribution is -0.143. The molecule has 0 saturated heterocycles. The molecule has 430 valence electrons. The second kappa shape index (κ2) is 62.6. The molecule has 6 nitrogen and oxygen atoms in total. The maximum absolute atomic E-state index is 12.5. The summed E-state index contributed by atoms with van der Waals surface area (Å²) in [4.78, 5) is 24.6. The van der Waals surface area contributed by atoms with Crippen molar-refractivity contribution < 1.29 is 24.5 Å². The number of hydrogen-bond donors (Lipinski definition) is 3. The molecule has 0 aromatic rings. The number of ether oxygens (including phenoxy) is 1. The fraction of sp³-hybridized carbons (Fsp3) is 0.881. The topological polar surface area (TPSA) is 95.9 Å². The van der Waals surface area contributed by atoms with Crippen LogP contribution in [0.5, 0.6) is 0 Å². The summed E-state index contributed by atoms with van der Waals surface area (Å²) in [5.74, 6) is -0.0263. The van der Waals surface area contributed by atoms with Crippen LogP contribution in [0.1, 0.15) is 354 Å². The molecule has 0 aromatic carbocycles. The van der Waals surface area contributed by atoms with Crippen LogP contribution in [0.3, 0.4) is 0 Å². The van der Waals surface area contributed by atoms with E-state index in [1.165, 1.54) is 270 Å². The van der Waals surface area contributed by atoms with Gasteiger partial charge in [-0.25, -0.2) is 0 Å². The Morgan fingerprint density at radius 1 is 0.384 bits per heavy atom. The van der Waals surface area contributed by atoms with Gasteiger partial charge >= 0.3 is 5.97 Å². The van der Waals surface area contributed by atoms with Crippen molar-refractivity contribution in [3.63, 3.8) is 0 Å². The molecule has 1 amide bonds. The number of amides is 1. The van der Waals surface area contributed by atoms with Crippen molar-refractivity contribution in [1.29, 1.82) is 0 Å². The summed E-state index contributed by atoms with van der Waals surface area (Å²) in [6.45, 7) is 4.93. The predicted octanol–water partition coefficient (Wildman–Crippen LogP) is 20.8. The van der Waals surface area contributed by atoms with Crippen LogP contribution in [0, 0.1) is 0 Å². The van der Waals surface area contributed by atoms with Crippen molar-refractivity contribution >= 4 is 11.9 Å². The van der Waals surface area contributed by atoms with Crippen molar-refractivity contribution in [2.45, 2.75) is 366 Å². The lowest BCUT2D eigenvalue weighted by atomic mass is 10.0. The number of aliphatic hydroxyl groups excluding tert-OH is 2. The molecule has 6 heteroatoms. The van der Waals surface area contributed by atoms with Crippen molar-refractivity contribution in [3.05, 3.63) is 36.5 Å². The summed E-state index contributed by atoms with van der Waals surface area (Å²) < 4.78 is 5.50. The zero-order valence-corrected chi connectivity index (χ0v) is 49.1. The molecular formula is C67H127NO5. The zero-order chi connectivity index (χ0) is 52.9. The average molecular weight is 1030 g/mol. The highest BCUT2D eigenvalue weighted by Gasteiger charge is 2.20. The molecule has 2 atom stereocenters. The van der Waals surface area contributed by atoms with Gasteiger partial charge < -0.3 is 20.3 Å². The Morgan fingerprint density at radius 3 is 1.08 bits per heavy atom. The first-order valence-corrected chi connectivity index (χ1v) is 32.7. The molecule has 0 bridgehead atoms. The smallest absolute Gasteiger partial charge is 0.305 e. The standard InChI is InChI=1S/C67H127NO5/c1-3-5-7-9-11-13-15-16-17-18-27-31-34-37-41-45-49-53-57-61-67(72)73-62-58-54-50-46-42-38-35-32-29-26-24-22-20-19-21-23-25-28-30-33-36-40-44-48-52-56-60-66(71)68-64(63-69)65(70)59-55-51-47-43-39-14-12-10-8-6-4-2/h11,13,16-17,19,21,64-65,69-70H,3-10,12,14-15,18,20,22-63H2,1-2H3,(H,68,71)/b13-11-,17-16-,21-19-. The molecule has 0 heterocycles. The summed E-state index contributed by atoms with van der Waals surface area (Å²) in [6, 6.07) is -0.542. The molecule has 0 radical (unpaired) electrons. The number of allylic oxidation sites excluding steroid dienone is 6. The van der Waals surface area contributed by atoms with Crippen LogP contribution >= 0.6 is 0 Å². The Hall–Kier alpha value is -1.92. The number of rotatable bonds is 61. The number of esters is 1. The van der Waals surface area contributed by atoms with E-state index >= 15 is 0 Å². The maximum atomic E-state index is 12.5. The number of carbonyl (C=O) groups is 2. The van der Waals surface area contributed by atoms with Crippen molar-refractivity contribution in [2.75, 3.05) is 13.2 Å². The largest absolute Gasteiger partial charge is 0.466 e. The van der Waals surface area contributed by atoms with Crippen LogP contribution in [-0.4, -0.2) is 47.4 Å². The van der Waals surface area contributed by atoms with Crippen molar-refractivity contribution in [2.24, 2.45) is 0 Å². The van der Waals surface area contributed by atoms with Gasteiger partial charge in [-0.2, -0.15) is 0 Å². The lowest BCUT2D eigenvalue weighted by Crippen LogP contribution is -2.45. The molecule has 0 aromatic heterocycles. The maximum Gasteiger partial charge on any atom is 0.305 e. The van der Waals surface area contributed by atoms with Gasteiger partial charge in [-0.05, 0) is 83.5 Å². The predicted molar refractivity (Wildman–Crippen MR) is 319 cm³/mol. The third-order valence-corrected chi connectivity index (χ3v) is 15.2. The Labute approximate surface area is 455 Å². The molecule has 0 aliphatic rings. The Morgan fingerprint density at radius 2 is 0.685 bits per heavy atom. The molecule has 2 unspecified atom stereocenters. The quantitative estimate of drug-likeness (QED) is 0.0320. The fourth-order valence-corrected chi connectivity index (χ4v) is 10.1. The van der Waals surface area contributed by atoms with E-state index in [0.29, 0.717) is 25.9 Å². The highest BCUT2D eigenvalue weighted by Crippen LogP contribution is 2.18. The Kier molecular flexibility index (Phi) is 61.0. The Balaban J connectivity index is 3.36. The van der Waals surface area contributed by atoms with Gasteiger partial charge in [0.2, 0.25) is 5.91 Å². The normalized spacial score (nSPS) is 12.8. The van der Waals surface area contributed by atoms with E-state index in [4.69, 9.17) is 4.74 Å². The van der Waals surface area contributed by atoms with Crippen LogP contribution in [0.15, 0.2) is 36.5 Å². The third kappa shape index (κ3) is 59.2. The van der Waals surface area contributed by atoms with Gasteiger partial charge in [0.25, 0.3) is 0 Å². The minimum absolute atomic E-state index is 0.0107. The van der Waals surface area contributed by atoms with Gasteiger partial charge in [-0.15, -0.1) is 0 Å². The minimum Gasteiger partial charge on any atom is -0.466 e. The molecule has 0 aliphatic heterocycles. The molecule has 0 fully saturated rings. The number of aliphatic hydroxyl groups is 2. The summed E-state index contributed by atoms with van der Waals surface area (Å²) >= 11 is 0. The monoisotopic (exact) mass is 1030 g/mol. The third-order valence-electron chi connectivity index (χ3n) is 15.2. The van der Waals surface area contributed by atoms with E-state index in [-0.39, 0.29) is 18.5 Å². The van der Waals surface area contributed by atoms with Gasteiger partial charge in [0.15, 0.2) is 0 Å². The molecule has 0 aliphatic carbocycles. The molecular weight excluding hydrogens is 899 g/mol. The van der Waals surface area contributed by atoms with E-state index in [2.05, 4.69) is 55.6 Å². The van der Waals surface area contributed by atoms with Gasteiger partial charge in [-0.3, -0.25) is 9.59 Å². The number of carbonyl (C=O) groups excluding carboxylic acids is 2. The second-order valence-electron chi connectivity index (χ2n) is 22.4. The highest BCUT2D eigenvalue weighted by atomic mass is 16.5. The van der Waals surface area contributed by atoms with Gasteiger partial charge in [0.05, 0.1) is 25.4 Å². The highest BCUT2D eigenvalue weighted by molar-refractivity contribution is 5.76. The zero-order valence-electron chi connectivity index (χ0n) is 49.1. The number of hydrogen-bond acceptors (Lipinski definition) is 5. The molecule has 73 heavy (non-hydrogen) atoms. The van der Waals surface area contributed by atoms with Crippen LogP contribution < -0.4 is 5.32 Å². The van der Waals surface area contributed by atoms with Crippen LogP contribution in [0.2, 0.25) is 0 Å². The van der Waals surface area contributed by atoms with Crippen molar-refractivity contribution in [3.8, 4) is 0 Å². The Bertz CT molecular complexity index is 1180.